The molecule has 1 aromatic heterocycles. The maximum absolute atomic E-state index is 11.8. The number of hydrogen-bond acceptors (Lipinski definition) is 7. The van der Waals surface area contributed by atoms with Gasteiger partial charge in [0.1, 0.15) is 5.82 Å². The standard InChI is InChI=1S/C10H13N5O3/c1-5-12-9(11)14-10(13-5)15-4-6(3-7(15)16)8(17)18-2/h6H,3-4H2,1-2H3,(H2,11,12,13,14). The first-order valence-corrected chi connectivity index (χ1v) is 5.37. The van der Waals surface area contributed by atoms with Gasteiger partial charge >= 0.3 is 5.97 Å². The molecule has 8 heteroatoms. The second-order valence-electron chi connectivity index (χ2n) is 3.97. The number of esters is 1. The molecule has 18 heavy (non-hydrogen) atoms. The van der Waals surface area contributed by atoms with Gasteiger partial charge in [-0.2, -0.15) is 15.0 Å². The van der Waals surface area contributed by atoms with Gasteiger partial charge in [0, 0.05) is 13.0 Å². The zero-order valence-corrected chi connectivity index (χ0v) is 10.1. The average molecular weight is 251 g/mol. The van der Waals surface area contributed by atoms with E-state index in [-0.39, 0.29) is 30.8 Å². The van der Waals surface area contributed by atoms with Crippen molar-refractivity contribution in [2.24, 2.45) is 5.92 Å². The minimum atomic E-state index is -0.485. The van der Waals surface area contributed by atoms with Crippen LogP contribution in [0, 0.1) is 12.8 Å². The van der Waals surface area contributed by atoms with Crippen molar-refractivity contribution in [3.63, 3.8) is 0 Å². The molecule has 0 spiro atoms. The Morgan fingerprint density at radius 3 is 2.78 bits per heavy atom. The van der Waals surface area contributed by atoms with E-state index in [9.17, 15) is 9.59 Å². The summed E-state index contributed by atoms with van der Waals surface area (Å²) in [6.45, 7) is 1.86. The summed E-state index contributed by atoms with van der Waals surface area (Å²) in [5, 5.41) is 0. The molecule has 2 rings (SSSR count). The molecule has 1 fully saturated rings. The Morgan fingerprint density at radius 2 is 2.17 bits per heavy atom. The zero-order valence-electron chi connectivity index (χ0n) is 10.1. The quantitative estimate of drug-likeness (QED) is 0.691. The van der Waals surface area contributed by atoms with Crippen LogP contribution in [0.2, 0.25) is 0 Å². The molecule has 96 valence electrons. The lowest BCUT2D eigenvalue weighted by atomic mass is 10.1. The van der Waals surface area contributed by atoms with E-state index in [4.69, 9.17) is 5.73 Å². The number of nitrogen functional groups attached to an aromatic ring is 1. The lowest BCUT2D eigenvalue weighted by molar-refractivity contribution is -0.145. The van der Waals surface area contributed by atoms with E-state index in [0.717, 1.165) is 0 Å². The van der Waals surface area contributed by atoms with Crippen LogP contribution in [0.15, 0.2) is 0 Å². The summed E-state index contributed by atoms with van der Waals surface area (Å²) in [6, 6.07) is 0. The van der Waals surface area contributed by atoms with Crippen LogP contribution in [0.25, 0.3) is 0 Å². The second kappa shape index (κ2) is 4.55. The number of hydrogen-bond donors (Lipinski definition) is 1. The highest BCUT2D eigenvalue weighted by atomic mass is 16.5. The molecule has 0 saturated carbocycles. The molecule has 0 radical (unpaired) electrons. The molecule has 8 nitrogen and oxygen atoms in total. The smallest absolute Gasteiger partial charge is 0.311 e. The summed E-state index contributed by atoms with van der Waals surface area (Å²) in [5.41, 5.74) is 5.50. The van der Waals surface area contributed by atoms with Gasteiger partial charge in [-0.15, -0.1) is 0 Å². The Morgan fingerprint density at radius 1 is 1.44 bits per heavy atom. The van der Waals surface area contributed by atoms with Crippen molar-refractivity contribution in [1.29, 1.82) is 0 Å². The number of anilines is 2. The SMILES string of the molecule is COC(=O)C1CC(=O)N(c2nc(C)nc(N)n2)C1. The summed E-state index contributed by atoms with van der Waals surface area (Å²) in [4.78, 5) is 36.3. The molecule has 1 aliphatic heterocycles. The first-order valence-electron chi connectivity index (χ1n) is 5.37. The predicted molar refractivity (Wildman–Crippen MR) is 61.5 cm³/mol. The van der Waals surface area contributed by atoms with Gasteiger partial charge in [-0.25, -0.2) is 0 Å². The van der Waals surface area contributed by atoms with E-state index in [1.54, 1.807) is 6.92 Å². The highest BCUT2D eigenvalue weighted by Crippen LogP contribution is 2.23. The van der Waals surface area contributed by atoms with Crippen molar-refractivity contribution in [2.45, 2.75) is 13.3 Å². The van der Waals surface area contributed by atoms with Crippen molar-refractivity contribution >= 4 is 23.8 Å². The topological polar surface area (TPSA) is 111 Å². The highest BCUT2D eigenvalue weighted by Gasteiger charge is 2.37. The third-order valence-electron chi connectivity index (χ3n) is 2.65. The number of nitrogens with two attached hydrogens (primary N) is 1. The van der Waals surface area contributed by atoms with Crippen LogP contribution in [0.4, 0.5) is 11.9 Å². The van der Waals surface area contributed by atoms with Gasteiger partial charge in [-0.1, -0.05) is 0 Å². The lowest BCUT2D eigenvalue weighted by Crippen LogP contribution is -2.28. The molecule has 1 atom stereocenters. The molecule has 1 aliphatic rings. The third-order valence-corrected chi connectivity index (χ3v) is 2.65. The van der Waals surface area contributed by atoms with Crippen molar-refractivity contribution in [3.05, 3.63) is 5.82 Å². The van der Waals surface area contributed by atoms with E-state index in [0.29, 0.717) is 5.82 Å². The van der Waals surface area contributed by atoms with Gasteiger partial charge in [-0.05, 0) is 6.92 Å². The van der Waals surface area contributed by atoms with Crippen LogP contribution in [0.1, 0.15) is 12.2 Å². The zero-order chi connectivity index (χ0) is 13.3. The molecule has 0 aliphatic carbocycles. The fourth-order valence-corrected chi connectivity index (χ4v) is 1.83. The van der Waals surface area contributed by atoms with E-state index in [2.05, 4.69) is 19.7 Å². The molecular weight excluding hydrogens is 238 g/mol. The van der Waals surface area contributed by atoms with Crippen LogP contribution in [0.3, 0.4) is 0 Å². The number of amides is 1. The Hall–Kier alpha value is -2.25. The number of ether oxygens (including phenoxy) is 1. The fourth-order valence-electron chi connectivity index (χ4n) is 1.83. The Bertz CT molecular complexity index is 484. The lowest BCUT2D eigenvalue weighted by Gasteiger charge is -2.14. The van der Waals surface area contributed by atoms with Crippen molar-refractivity contribution in [2.75, 3.05) is 24.3 Å². The predicted octanol–water partition coefficient (Wildman–Crippen LogP) is -0.712. The number of carbonyl (C=O) groups is 2. The summed E-state index contributed by atoms with van der Waals surface area (Å²) in [5.74, 6) is -0.476. The Kier molecular flexibility index (Phi) is 3.09. The average Bonchev–Trinajstić information content (AvgIpc) is 2.69. The van der Waals surface area contributed by atoms with E-state index >= 15 is 0 Å². The van der Waals surface area contributed by atoms with Gasteiger partial charge in [0.05, 0.1) is 13.0 Å². The molecule has 1 unspecified atom stereocenters. The molecular formula is C10H13N5O3. The van der Waals surface area contributed by atoms with Crippen LogP contribution in [0.5, 0.6) is 0 Å². The van der Waals surface area contributed by atoms with Crippen LogP contribution < -0.4 is 10.6 Å². The Labute approximate surface area is 103 Å². The minimum Gasteiger partial charge on any atom is -0.469 e. The molecule has 0 bridgehead atoms. The van der Waals surface area contributed by atoms with Crippen LogP contribution >= 0.6 is 0 Å². The van der Waals surface area contributed by atoms with Crippen LogP contribution in [-0.2, 0) is 14.3 Å². The van der Waals surface area contributed by atoms with Crippen molar-refractivity contribution < 1.29 is 14.3 Å². The van der Waals surface area contributed by atoms with Gasteiger partial charge in [0.25, 0.3) is 0 Å². The van der Waals surface area contributed by atoms with E-state index in [1.165, 1.54) is 12.0 Å². The number of rotatable bonds is 2. The normalized spacial score (nSPS) is 19.1. The van der Waals surface area contributed by atoms with Crippen LogP contribution in [-0.4, -0.2) is 40.5 Å². The van der Waals surface area contributed by atoms with Gasteiger partial charge in [0.2, 0.25) is 17.8 Å². The third kappa shape index (κ3) is 2.22. The minimum absolute atomic E-state index is 0.0480. The van der Waals surface area contributed by atoms with E-state index in [1.807, 2.05) is 0 Å². The molecule has 2 heterocycles. The van der Waals surface area contributed by atoms with Gasteiger partial charge < -0.3 is 10.5 Å². The molecule has 1 saturated heterocycles. The van der Waals surface area contributed by atoms with E-state index < -0.39 is 11.9 Å². The number of carbonyl (C=O) groups excluding carboxylic acids is 2. The first-order chi connectivity index (χ1) is 8.51. The van der Waals surface area contributed by atoms with Crippen molar-refractivity contribution in [3.8, 4) is 0 Å². The largest absolute Gasteiger partial charge is 0.469 e. The number of nitrogens with zero attached hydrogens (tertiary/aromatic N) is 4. The summed E-state index contributed by atoms with van der Waals surface area (Å²) in [6.07, 6.45) is 0.0946. The number of aryl methyl sites for hydroxylation is 1. The van der Waals surface area contributed by atoms with Crippen molar-refractivity contribution in [1.82, 2.24) is 15.0 Å². The maximum atomic E-state index is 11.8. The summed E-state index contributed by atoms with van der Waals surface area (Å²) < 4.78 is 4.62. The second-order valence-corrected chi connectivity index (χ2v) is 3.97. The molecule has 2 N–H and O–H groups in total. The summed E-state index contributed by atoms with van der Waals surface area (Å²) >= 11 is 0. The number of methoxy groups -OCH3 is 1. The fraction of sp³-hybridized carbons (Fsp3) is 0.500. The number of aromatic nitrogens is 3. The summed E-state index contributed by atoms with van der Waals surface area (Å²) in [7, 11) is 1.29. The molecule has 0 aromatic carbocycles. The maximum Gasteiger partial charge on any atom is 0.311 e. The van der Waals surface area contributed by atoms with Gasteiger partial charge in [-0.3, -0.25) is 14.5 Å². The monoisotopic (exact) mass is 251 g/mol. The Balaban J connectivity index is 2.24. The first kappa shape index (κ1) is 12.2. The highest BCUT2D eigenvalue weighted by molar-refractivity contribution is 5.98. The molecule has 1 aromatic rings. The molecule has 1 amide bonds. The van der Waals surface area contributed by atoms with Gasteiger partial charge in [0.15, 0.2) is 0 Å².